The maximum absolute atomic E-state index is 13.8. The van der Waals surface area contributed by atoms with Gasteiger partial charge in [-0.25, -0.2) is 8.42 Å². The minimum atomic E-state index is -3.71. The topological polar surface area (TPSA) is 75.5 Å². The number of amides is 1. The van der Waals surface area contributed by atoms with Gasteiger partial charge in [0.2, 0.25) is 10.0 Å². The van der Waals surface area contributed by atoms with Crippen LogP contribution in [0, 0.1) is 20.8 Å². The van der Waals surface area contributed by atoms with Crippen molar-refractivity contribution in [3.05, 3.63) is 112 Å². The molecule has 0 fully saturated rings. The van der Waals surface area contributed by atoms with Crippen molar-refractivity contribution in [1.82, 2.24) is 14.1 Å². The monoisotopic (exact) mass is 528 g/mol. The van der Waals surface area contributed by atoms with Gasteiger partial charge in [0.1, 0.15) is 0 Å². The molecule has 5 rings (SSSR count). The van der Waals surface area contributed by atoms with Crippen LogP contribution in [0.2, 0.25) is 0 Å². The molecule has 8 heteroatoms. The molecule has 4 aromatic rings. The van der Waals surface area contributed by atoms with Crippen LogP contribution in [0.15, 0.2) is 77.7 Å². The van der Waals surface area contributed by atoms with Crippen molar-refractivity contribution in [2.45, 2.75) is 45.2 Å². The fraction of sp³-hybridized carbons (Fsp3) is 0.267. The number of sulfonamides is 1. The Morgan fingerprint density at radius 2 is 1.55 bits per heavy atom. The highest BCUT2D eigenvalue weighted by Crippen LogP contribution is 2.31. The second-order valence-electron chi connectivity index (χ2n) is 9.88. The lowest BCUT2D eigenvalue weighted by molar-refractivity contribution is 0.0984. The molecule has 1 aliphatic rings. The molecule has 1 aliphatic heterocycles. The number of aryl methyl sites for hydroxylation is 4. The predicted octanol–water partition coefficient (Wildman–Crippen LogP) is 4.94. The van der Waals surface area contributed by atoms with Crippen molar-refractivity contribution in [1.29, 1.82) is 0 Å². The van der Waals surface area contributed by atoms with Crippen LogP contribution in [0.25, 0.3) is 0 Å². The Hall–Kier alpha value is -3.75. The van der Waals surface area contributed by atoms with Gasteiger partial charge in [0.05, 0.1) is 17.1 Å². The lowest BCUT2D eigenvalue weighted by Gasteiger charge is -2.28. The first-order chi connectivity index (χ1) is 18.2. The number of rotatable bonds is 6. The van der Waals surface area contributed by atoms with Gasteiger partial charge in [-0.15, -0.1) is 0 Å². The van der Waals surface area contributed by atoms with Gasteiger partial charge in [-0.05, 0) is 67.8 Å². The summed E-state index contributed by atoms with van der Waals surface area (Å²) in [5, 5.41) is 4.77. The Kier molecular flexibility index (Phi) is 6.94. The molecule has 3 aromatic carbocycles. The summed E-state index contributed by atoms with van der Waals surface area (Å²) in [6.07, 6.45) is 0.555. The lowest BCUT2D eigenvalue weighted by atomic mass is 10.1. The van der Waals surface area contributed by atoms with Gasteiger partial charge in [0.15, 0.2) is 0 Å². The Morgan fingerprint density at radius 3 is 2.24 bits per heavy atom. The second kappa shape index (κ2) is 10.2. The van der Waals surface area contributed by atoms with E-state index in [1.807, 2.05) is 87.1 Å². The zero-order valence-electron chi connectivity index (χ0n) is 22.2. The highest BCUT2D eigenvalue weighted by molar-refractivity contribution is 7.89. The van der Waals surface area contributed by atoms with Crippen LogP contribution in [0.1, 0.15) is 44.0 Å². The third-order valence-corrected chi connectivity index (χ3v) is 9.33. The molecular formula is C30H32N4O3S. The Morgan fingerprint density at radius 1 is 0.921 bits per heavy atom. The number of hydrogen-bond acceptors (Lipinski definition) is 4. The molecular weight excluding hydrogens is 496 g/mol. The predicted molar refractivity (Wildman–Crippen MR) is 149 cm³/mol. The summed E-state index contributed by atoms with van der Waals surface area (Å²) in [5.41, 5.74) is 6.67. The van der Waals surface area contributed by atoms with E-state index in [1.54, 1.807) is 27.4 Å². The van der Waals surface area contributed by atoms with Crippen LogP contribution in [0.4, 0.5) is 5.69 Å². The van der Waals surface area contributed by atoms with Crippen molar-refractivity contribution >= 4 is 21.6 Å². The van der Waals surface area contributed by atoms with Gasteiger partial charge in [-0.3, -0.25) is 9.48 Å². The normalized spacial score (nSPS) is 13.8. The fourth-order valence-corrected chi connectivity index (χ4v) is 6.80. The molecule has 0 N–H and O–H groups in total. The quantitative estimate of drug-likeness (QED) is 0.355. The number of carbonyl (C=O) groups is 1. The summed E-state index contributed by atoms with van der Waals surface area (Å²) in [5.74, 6) is -0.137. The highest BCUT2D eigenvalue weighted by Gasteiger charge is 2.34. The van der Waals surface area contributed by atoms with Gasteiger partial charge in [-0.2, -0.15) is 9.40 Å². The third-order valence-electron chi connectivity index (χ3n) is 7.34. The van der Waals surface area contributed by atoms with Crippen molar-refractivity contribution < 1.29 is 13.2 Å². The van der Waals surface area contributed by atoms with E-state index in [0.29, 0.717) is 29.1 Å². The summed E-state index contributed by atoms with van der Waals surface area (Å²) in [6, 6.07) is 22.4. The molecule has 38 heavy (non-hydrogen) atoms. The molecule has 196 valence electrons. The zero-order valence-corrected chi connectivity index (χ0v) is 23.0. The lowest BCUT2D eigenvalue weighted by Crippen LogP contribution is -2.37. The molecule has 1 aromatic heterocycles. The number of para-hydroxylation sites is 1. The average molecular weight is 529 g/mol. The SMILES string of the molecule is Cc1cc(C)c(S(=O)(=O)N2CCc3c(c(CN(C(=O)c4ccccc4)c4ccccc4)nn3C)C2)cc1C. The first-order valence-electron chi connectivity index (χ1n) is 12.7. The van der Waals surface area contributed by atoms with Gasteiger partial charge in [0.25, 0.3) is 5.91 Å². The summed E-state index contributed by atoms with van der Waals surface area (Å²) < 4.78 is 30.9. The molecule has 0 radical (unpaired) electrons. The first-order valence-corrected chi connectivity index (χ1v) is 14.1. The third kappa shape index (κ3) is 4.77. The summed E-state index contributed by atoms with van der Waals surface area (Å²) in [6.45, 7) is 6.60. The summed E-state index contributed by atoms with van der Waals surface area (Å²) in [4.78, 5) is 15.7. The number of nitrogens with zero attached hydrogens (tertiary/aromatic N) is 4. The number of carbonyl (C=O) groups excluding carboxylic acids is 1. The Bertz CT molecular complexity index is 1600. The summed E-state index contributed by atoms with van der Waals surface area (Å²) >= 11 is 0. The molecule has 7 nitrogen and oxygen atoms in total. The van der Waals surface area contributed by atoms with Gasteiger partial charge >= 0.3 is 0 Å². The largest absolute Gasteiger partial charge is 0.302 e. The standard InChI is InChI=1S/C30H32N4O3S/c1-21-17-23(3)29(18-22(21)2)38(36,37)33-16-15-28-26(19-33)27(31-32(28)4)20-34(25-13-9-6-10-14-25)30(35)24-11-7-5-8-12-24/h5-14,17-18H,15-16,19-20H2,1-4H3. The number of fused-ring (bicyclic) bond motifs is 1. The highest BCUT2D eigenvalue weighted by atomic mass is 32.2. The molecule has 1 amide bonds. The van der Waals surface area contributed by atoms with Crippen LogP contribution >= 0.6 is 0 Å². The Balaban J connectivity index is 1.50. The van der Waals surface area contributed by atoms with Crippen LogP contribution < -0.4 is 4.90 Å². The molecule has 0 saturated heterocycles. The van der Waals surface area contributed by atoms with Crippen molar-refractivity contribution in [3.63, 3.8) is 0 Å². The van der Waals surface area contributed by atoms with Gasteiger partial charge in [-0.1, -0.05) is 42.5 Å². The Labute approximate surface area is 224 Å². The van der Waals surface area contributed by atoms with E-state index < -0.39 is 10.0 Å². The van der Waals surface area contributed by atoms with Crippen LogP contribution in [-0.2, 0) is 36.6 Å². The van der Waals surface area contributed by atoms with E-state index in [9.17, 15) is 13.2 Å². The van der Waals surface area contributed by atoms with Crippen LogP contribution in [0.5, 0.6) is 0 Å². The minimum absolute atomic E-state index is 0.137. The van der Waals surface area contributed by atoms with E-state index in [1.165, 1.54) is 0 Å². The molecule has 0 spiro atoms. The van der Waals surface area contributed by atoms with Crippen molar-refractivity contribution in [2.75, 3.05) is 11.4 Å². The fourth-order valence-electron chi connectivity index (χ4n) is 5.10. The van der Waals surface area contributed by atoms with Gasteiger partial charge < -0.3 is 4.90 Å². The van der Waals surface area contributed by atoms with Crippen molar-refractivity contribution in [2.24, 2.45) is 7.05 Å². The number of aromatic nitrogens is 2. The van der Waals surface area contributed by atoms with E-state index in [2.05, 4.69) is 0 Å². The molecule has 0 bridgehead atoms. The van der Waals surface area contributed by atoms with Crippen molar-refractivity contribution in [3.8, 4) is 0 Å². The number of anilines is 1. The first kappa shape index (κ1) is 25.9. The van der Waals surface area contributed by atoms with E-state index in [0.717, 1.165) is 33.6 Å². The van der Waals surface area contributed by atoms with Gasteiger partial charge in [0, 0.05) is 49.1 Å². The average Bonchev–Trinajstić information content (AvgIpc) is 3.24. The molecule has 2 heterocycles. The number of hydrogen-bond donors (Lipinski definition) is 0. The number of benzene rings is 3. The van der Waals surface area contributed by atoms with Crippen LogP contribution in [-0.4, -0.2) is 35.0 Å². The molecule has 0 saturated carbocycles. The van der Waals surface area contributed by atoms with Crippen LogP contribution in [0.3, 0.4) is 0 Å². The minimum Gasteiger partial charge on any atom is -0.302 e. The maximum Gasteiger partial charge on any atom is 0.258 e. The van der Waals surface area contributed by atoms with E-state index in [-0.39, 0.29) is 19.0 Å². The van der Waals surface area contributed by atoms with E-state index in [4.69, 9.17) is 5.10 Å². The zero-order chi connectivity index (χ0) is 27.0. The maximum atomic E-state index is 13.8. The summed E-state index contributed by atoms with van der Waals surface area (Å²) in [7, 11) is -1.83. The molecule has 0 aliphatic carbocycles. The smallest absolute Gasteiger partial charge is 0.258 e. The molecule has 0 atom stereocenters. The second-order valence-corrected chi connectivity index (χ2v) is 11.8. The molecule has 0 unspecified atom stereocenters. The van der Waals surface area contributed by atoms with E-state index >= 15 is 0 Å².